The minimum Gasteiger partial charge on any atom is -0.497 e. The van der Waals surface area contributed by atoms with Gasteiger partial charge in [0.1, 0.15) is 16.2 Å². The number of esters is 1. The zero-order valence-corrected chi connectivity index (χ0v) is 22.0. The van der Waals surface area contributed by atoms with Gasteiger partial charge in [-0.2, -0.15) is 0 Å². The number of nitrogens with zero attached hydrogens (tertiary/aromatic N) is 3. The van der Waals surface area contributed by atoms with Crippen LogP contribution in [0.2, 0.25) is 0 Å². The van der Waals surface area contributed by atoms with Crippen LogP contribution in [0.4, 0.5) is 0 Å². The molecule has 0 spiro atoms. The van der Waals surface area contributed by atoms with E-state index in [1.807, 2.05) is 31.2 Å². The summed E-state index contributed by atoms with van der Waals surface area (Å²) in [4.78, 5) is 30.9. The molecule has 0 N–H and O–H groups in total. The number of aromatic nitrogens is 3. The van der Waals surface area contributed by atoms with Gasteiger partial charge in [0.15, 0.2) is 14.8 Å². The van der Waals surface area contributed by atoms with Gasteiger partial charge in [-0.1, -0.05) is 41.3 Å². The Balaban J connectivity index is 2.03. The lowest BCUT2D eigenvalue weighted by Crippen LogP contribution is -2.23. The van der Waals surface area contributed by atoms with Crippen LogP contribution in [0.25, 0.3) is 21.7 Å². The summed E-state index contributed by atoms with van der Waals surface area (Å²) in [6.07, 6.45) is 0. The van der Waals surface area contributed by atoms with Crippen molar-refractivity contribution in [2.24, 2.45) is 0 Å². The summed E-state index contributed by atoms with van der Waals surface area (Å²) in [7, 11) is 3.06. The van der Waals surface area contributed by atoms with Crippen LogP contribution in [0, 0.1) is 10.9 Å². The predicted octanol–water partition coefficient (Wildman–Crippen LogP) is 4.95. The predicted molar refractivity (Wildman–Crippen MR) is 141 cm³/mol. The zero-order valence-electron chi connectivity index (χ0n) is 19.6. The summed E-state index contributed by atoms with van der Waals surface area (Å²) in [5, 5.41) is 0.303. The van der Waals surface area contributed by atoms with Gasteiger partial charge in [0.25, 0.3) is 5.56 Å². The van der Waals surface area contributed by atoms with Crippen molar-refractivity contribution >= 4 is 51.6 Å². The fourth-order valence-electron chi connectivity index (χ4n) is 3.57. The van der Waals surface area contributed by atoms with Gasteiger partial charge >= 0.3 is 5.97 Å². The van der Waals surface area contributed by atoms with Gasteiger partial charge in [-0.15, -0.1) is 0 Å². The van der Waals surface area contributed by atoms with Crippen LogP contribution in [-0.2, 0) is 9.53 Å². The van der Waals surface area contributed by atoms with E-state index in [2.05, 4.69) is 0 Å². The number of benzene rings is 2. The van der Waals surface area contributed by atoms with Gasteiger partial charge in [0.2, 0.25) is 0 Å². The van der Waals surface area contributed by atoms with Crippen molar-refractivity contribution in [3.63, 3.8) is 0 Å². The van der Waals surface area contributed by atoms with Gasteiger partial charge in [-0.3, -0.25) is 18.7 Å². The Labute approximate surface area is 215 Å². The maximum atomic E-state index is 13.9. The Hall–Kier alpha value is -3.15. The second-order valence-corrected chi connectivity index (χ2v) is 9.90. The first-order valence-electron chi connectivity index (χ1n) is 10.6. The van der Waals surface area contributed by atoms with Crippen LogP contribution in [-0.4, -0.2) is 46.7 Å². The number of carbonyl (C=O) groups excluding carboxylic acids is 1. The maximum Gasteiger partial charge on any atom is 0.316 e. The fourth-order valence-corrected chi connectivity index (χ4v) is 5.65. The highest BCUT2D eigenvalue weighted by Gasteiger charge is 2.22. The number of thioether (sulfide) groups is 1. The Morgan fingerprint density at radius 3 is 2.57 bits per heavy atom. The van der Waals surface area contributed by atoms with Crippen molar-refractivity contribution in [2.75, 3.05) is 26.6 Å². The van der Waals surface area contributed by atoms with Gasteiger partial charge in [-0.25, -0.2) is 4.98 Å². The molecule has 182 valence electrons. The molecule has 35 heavy (non-hydrogen) atoms. The molecule has 0 aliphatic rings. The van der Waals surface area contributed by atoms with E-state index in [9.17, 15) is 9.59 Å². The van der Waals surface area contributed by atoms with Crippen molar-refractivity contribution in [3.8, 4) is 22.9 Å². The molecule has 0 bridgehead atoms. The highest BCUT2D eigenvalue weighted by Crippen LogP contribution is 2.32. The third-order valence-electron chi connectivity index (χ3n) is 5.18. The molecule has 2 aromatic carbocycles. The molecule has 2 aromatic heterocycles. The summed E-state index contributed by atoms with van der Waals surface area (Å²) < 4.78 is 20.1. The molecule has 0 fully saturated rings. The normalized spacial score (nSPS) is 11.0. The Morgan fingerprint density at radius 1 is 1.11 bits per heavy atom. The van der Waals surface area contributed by atoms with Crippen molar-refractivity contribution < 1.29 is 19.0 Å². The van der Waals surface area contributed by atoms with E-state index in [4.69, 9.17) is 31.4 Å². The van der Waals surface area contributed by atoms with E-state index in [-0.39, 0.29) is 17.9 Å². The first kappa shape index (κ1) is 25.0. The molecule has 4 rings (SSSR count). The summed E-state index contributed by atoms with van der Waals surface area (Å²) in [6.45, 7) is 3.98. The third-order valence-corrected chi connectivity index (χ3v) is 7.45. The van der Waals surface area contributed by atoms with E-state index < -0.39 is 5.97 Å². The lowest BCUT2D eigenvalue weighted by atomic mass is 10.2. The Morgan fingerprint density at radius 2 is 1.89 bits per heavy atom. The molecule has 0 saturated heterocycles. The van der Waals surface area contributed by atoms with Crippen molar-refractivity contribution in [2.45, 2.75) is 19.0 Å². The fraction of sp³-hybridized carbons (Fsp3) is 0.250. The number of hydrogen-bond acceptors (Lipinski definition) is 9. The van der Waals surface area contributed by atoms with Crippen LogP contribution in [0.15, 0.2) is 52.4 Å². The molecule has 0 unspecified atom stereocenters. The van der Waals surface area contributed by atoms with Crippen LogP contribution < -0.4 is 15.0 Å². The SMILES string of the molecule is CCOC(=O)CSc1nc2c(sc(=S)n2-c2ccccc2C)c(=O)n1-c1cc(OC)ccc1OC. The Kier molecular flexibility index (Phi) is 7.58. The molecular weight excluding hydrogens is 506 g/mol. The summed E-state index contributed by atoms with van der Waals surface area (Å²) >= 11 is 7.95. The molecule has 2 heterocycles. The summed E-state index contributed by atoms with van der Waals surface area (Å²) in [6, 6.07) is 12.9. The topological polar surface area (TPSA) is 84.6 Å². The number of methoxy groups -OCH3 is 2. The van der Waals surface area contributed by atoms with Crippen LogP contribution in [0.1, 0.15) is 12.5 Å². The number of thiazole rings is 1. The molecule has 8 nitrogen and oxygen atoms in total. The minimum absolute atomic E-state index is 0.0205. The number of carbonyl (C=O) groups is 1. The smallest absolute Gasteiger partial charge is 0.316 e. The van der Waals surface area contributed by atoms with Crippen molar-refractivity contribution in [1.82, 2.24) is 14.1 Å². The molecule has 0 radical (unpaired) electrons. The zero-order chi connectivity index (χ0) is 25.1. The molecule has 0 aliphatic carbocycles. The summed E-state index contributed by atoms with van der Waals surface area (Å²) in [5.41, 5.74) is 2.39. The van der Waals surface area contributed by atoms with E-state index in [0.29, 0.717) is 36.6 Å². The highest BCUT2D eigenvalue weighted by molar-refractivity contribution is 7.99. The second-order valence-electron chi connectivity index (χ2n) is 7.31. The minimum atomic E-state index is -0.405. The standard InChI is InChI=1S/C24H23N3O5S3/c1-5-32-19(28)13-34-23-25-21-20(35-24(33)26(21)16-9-7-6-8-14(16)2)22(29)27(23)17-12-15(30-3)10-11-18(17)31-4/h6-12H,5,13H2,1-4H3. The quantitative estimate of drug-likeness (QED) is 0.137. The van der Waals surface area contributed by atoms with Crippen LogP contribution >= 0.6 is 35.3 Å². The third kappa shape index (κ3) is 4.84. The largest absolute Gasteiger partial charge is 0.497 e. The van der Waals surface area contributed by atoms with E-state index >= 15 is 0 Å². The molecule has 0 aliphatic heterocycles. The number of hydrogen-bond donors (Lipinski definition) is 0. The first-order chi connectivity index (χ1) is 16.9. The number of fused-ring (bicyclic) bond motifs is 1. The lowest BCUT2D eigenvalue weighted by molar-refractivity contribution is -0.139. The lowest BCUT2D eigenvalue weighted by Gasteiger charge is -2.16. The summed E-state index contributed by atoms with van der Waals surface area (Å²) in [5.74, 6) is 0.568. The molecule has 11 heteroatoms. The van der Waals surface area contributed by atoms with E-state index in [1.165, 1.54) is 23.0 Å². The number of rotatable bonds is 8. The molecule has 4 aromatic rings. The molecular formula is C24H23N3O5S3. The molecule has 0 atom stereocenters. The number of aryl methyl sites for hydroxylation is 1. The average molecular weight is 530 g/mol. The highest BCUT2D eigenvalue weighted by atomic mass is 32.2. The number of ether oxygens (including phenoxy) is 3. The number of para-hydroxylation sites is 1. The van der Waals surface area contributed by atoms with Crippen LogP contribution in [0.3, 0.4) is 0 Å². The van der Waals surface area contributed by atoms with Gasteiger partial charge < -0.3 is 14.2 Å². The Bertz CT molecular complexity index is 1520. The molecule has 0 saturated carbocycles. The van der Waals surface area contributed by atoms with Crippen molar-refractivity contribution in [3.05, 3.63) is 62.3 Å². The van der Waals surface area contributed by atoms with Gasteiger partial charge in [0, 0.05) is 6.07 Å². The van der Waals surface area contributed by atoms with Gasteiger partial charge in [0.05, 0.1) is 38.0 Å². The van der Waals surface area contributed by atoms with Crippen LogP contribution in [0.5, 0.6) is 11.5 Å². The first-order valence-corrected chi connectivity index (χ1v) is 12.9. The van der Waals surface area contributed by atoms with Gasteiger partial charge in [-0.05, 0) is 49.8 Å². The van der Waals surface area contributed by atoms with E-state index in [1.54, 1.807) is 36.8 Å². The maximum absolute atomic E-state index is 13.9. The molecule has 0 amide bonds. The van der Waals surface area contributed by atoms with E-state index in [0.717, 1.165) is 23.0 Å². The monoisotopic (exact) mass is 529 g/mol. The van der Waals surface area contributed by atoms with Crippen molar-refractivity contribution in [1.29, 1.82) is 0 Å². The second kappa shape index (κ2) is 10.6. The average Bonchev–Trinajstić information content (AvgIpc) is 3.19.